The fraction of sp³-hybridized carbons (Fsp3) is 0.400. The lowest BCUT2D eigenvalue weighted by Crippen LogP contribution is -2.21. The number of fused-ring (bicyclic) bond motifs is 1. The normalized spacial score (nSPS) is 10.9. The average molecular weight is 245 g/mol. The van der Waals surface area contributed by atoms with Crippen molar-refractivity contribution in [3.8, 4) is 0 Å². The van der Waals surface area contributed by atoms with Crippen LogP contribution < -0.4 is 10.5 Å². The van der Waals surface area contributed by atoms with E-state index in [9.17, 15) is 4.79 Å². The molecule has 3 heteroatoms. The summed E-state index contributed by atoms with van der Waals surface area (Å²) in [5.74, 6) is 0. The van der Waals surface area contributed by atoms with Gasteiger partial charge in [-0.3, -0.25) is 0 Å². The van der Waals surface area contributed by atoms with Crippen molar-refractivity contribution in [2.75, 3.05) is 18.0 Å². The Morgan fingerprint density at radius 3 is 2.39 bits per heavy atom. The molecular formula is C15H19NO2. The van der Waals surface area contributed by atoms with E-state index in [4.69, 9.17) is 4.42 Å². The van der Waals surface area contributed by atoms with Gasteiger partial charge in [-0.25, -0.2) is 4.79 Å². The minimum atomic E-state index is -0.239. The van der Waals surface area contributed by atoms with Crippen LogP contribution in [0, 0.1) is 13.8 Å². The molecule has 0 radical (unpaired) electrons. The Kier molecular flexibility index (Phi) is 3.41. The van der Waals surface area contributed by atoms with Crippen molar-refractivity contribution in [1.29, 1.82) is 0 Å². The monoisotopic (exact) mass is 245 g/mol. The molecule has 0 aliphatic rings. The van der Waals surface area contributed by atoms with Crippen LogP contribution in [0.3, 0.4) is 0 Å². The summed E-state index contributed by atoms with van der Waals surface area (Å²) in [6.45, 7) is 9.88. The minimum absolute atomic E-state index is 0.239. The summed E-state index contributed by atoms with van der Waals surface area (Å²) in [7, 11) is 0. The smallest absolute Gasteiger partial charge is 0.339 e. The Morgan fingerprint density at radius 2 is 1.78 bits per heavy atom. The summed E-state index contributed by atoms with van der Waals surface area (Å²) in [5, 5.41) is 1.02. The minimum Gasteiger partial charge on any atom is -0.422 e. The van der Waals surface area contributed by atoms with Crippen LogP contribution in [0.1, 0.15) is 25.0 Å². The quantitative estimate of drug-likeness (QED) is 0.778. The van der Waals surface area contributed by atoms with Crippen molar-refractivity contribution in [2.24, 2.45) is 0 Å². The molecule has 2 aromatic rings. The summed E-state index contributed by atoms with van der Waals surface area (Å²) in [6, 6.07) is 6.08. The zero-order valence-electron chi connectivity index (χ0n) is 11.4. The average Bonchev–Trinajstić information content (AvgIpc) is 2.37. The second kappa shape index (κ2) is 4.84. The zero-order chi connectivity index (χ0) is 13.3. The number of hydrogen-bond donors (Lipinski definition) is 0. The highest BCUT2D eigenvalue weighted by Gasteiger charge is 2.09. The van der Waals surface area contributed by atoms with E-state index in [0.717, 1.165) is 29.7 Å². The van der Waals surface area contributed by atoms with Gasteiger partial charge in [0.25, 0.3) is 0 Å². The number of rotatable bonds is 3. The fourth-order valence-electron chi connectivity index (χ4n) is 2.22. The van der Waals surface area contributed by atoms with Gasteiger partial charge in [0.05, 0.1) is 0 Å². The molecule has 0 aliphatic carbocycles. The van der Waals surface area contributed by atoms with Gasteiger partial charge in [-0.2, -0.15) is 0 Å². The van der Waals surface area contributed by atoms with Gasteiger partial charge in [-0.1, -0.05) is 0 Å². The van der Waals surface area contributed by atoms with Crippen molar-refractivity contribution in [3.05, 3.63) is 39.7 Å². The highest BCUT2D eigenvalue weighted by Crippen LogP contribution is 2.24. The molecule has 96 valence electrons. The lowest BCUT2D eigenvalue weighted by molar-refractivity contribution is 0.553. The Morgan fingerprint density at radius 1 is 1.11 bits per heavy atom. The number of benzene rings is 1. The van der Waals surface area contributed by atoms with E-state index in [1.165, 1.54) is 0 Å². The molecule has 0 saturated heterocycles. The Bertz CT molecular complexity index is 624. The highest BCUT2D eigenvalue weighted by atomic mass is 16.4. The molecule has 0 bridgehead atoms. The molecule has 0 saturated carbocycles. The van der Waals surface area contributed by atoms with Gasteiger partial charge in [0, 0.05) is 35.8 Å². The third-order valence-electron chi connectivity index (χ3n) is 3.57. The van der Waals surface area contributed by atoms with Crippen molar-refractivity contribution < 1.29 is 4.42 Å². The molecule has 3 nitrogen and oxygen atoms in total. The van der Waals surface area contributed by atoms with Crippen LogP contribution >= 0.6 is 0 Å². The van der Waals surface area contributed by atoms with Gasteiger partial charge in [-0.15, -0.1) is 0 Å². The SMILES string of the molecule is CCN(CC)c1ccc2c(C)c(C)c(=O)oc2c1. The molecule has 0 spiro atoms. The first-order valence-corrected chi connectivity index (χ1v) is 6.37. The maximum Gasteiger partial charge on any atom is 0.339 e. The molecule has 2 rings (SSSR count). The molecule has 1 aromatic carbocycles. The Hall–Kier alpha value is -1.77. The molecule has 0 amide bonds. The van der Waals surface area contributed by atoms with Crippen LogP contribution in [-0.4, -0.2) is 13.1 Å². The summed E-state index contributed by atoms with van der Waals surface area (Å²) >= 11 is 0. The van der Waals surface area contributed by atoms with Crippen molar-refractivity contribution in [3.63, 3.8) is 0 Å². The third kappa shape index (κ3) is 2.01. The summed E-state index contributed by atoms with van der Waals surface area (Å²) in [5.41, 5.74) is 3.23. The molecule has 0 atom stereocenters. The summed E-state index contributed by atoms with van der Waals surface area (Å²) < 4.78 is 5.37. The van der Waals surface area contributed by atoms with Crippen molar-refractivity contribution >= 4 is 16.7 Å². The standard InChI is InChI=1S/C15H19NO2/c1-5-16(6-2)12-7-8-13-10(3)11(4)15(17)18-14(13)9-12/h7-9H,5-6H2,1-4H3. The fourth-order valence-corrected chi connectivity index (χ4v) is 2.22. The van der Waals surface area contributed by atoms with E-state index in [1.807, 2.05) is 19.1 Å². The predicted octanol–water partition coefficient (Wildman–Crippen LogP) is 3.26. The number of hydrogen-bond acceptors (Lipinski definition) is 3. The largest absolute Gasteiger partial charge is 0.422 e. The molecular weight excluding hydrogens is 226 g/mol. The van der Waals surface area contributed by atoms with Crippen molar-refractivity contribution in [1.82, 2.24) is 0 Å². The second-order valence-corrected chi connectivity index (χ2v) is 4.49. The van der Waals surface area contributed by atoms with Gasteiger partial charge in [-0.05, 0) is 45.4 Å². The molecule has 0 fully saturated rings. The predicted molar refractivity (Wildman–Crippen MR) is 75.5 cm³/mol. The topological polar surface area (TPSA) is 33.5 Å². The lowest BCUT2D eigenvalue weighted by Gasteiger charge is -2.21. The van der Waals surface area contributed by atoms with Gasteiger partial charge in [0.15, 0.2) is 0 Å². The van der Waals surface area contributed by atoms with Gasteiger partial charge >= 0.3 is 5.63 Å². The number of nitrogens with zero attached hydrogens (tertiary/aromatic N) is 1. The van der Waals surface area contributed by atoms with Crippen LogP contribution in [0.25, 0.3) is 11.0 Å². The van der Waals surface area contributed by atoms with Crippen LogP contribution in [-0.2, 0) is 0 Å². The van der Waals surface area contributed by atoms with Gasteiger partial charge < -0.3 is 9.32 Å². The van der Waals surface area contributed by atoms with Crippen LogP contribution in [0.5, 0.6) is 0 Å². The van der Waals surface area contributed by atoms with Crippen LogP contribution in [0.2, 0.25) is 0 Å². The maximum absolute atomic E-state index is 11.7. The lowest BCUT2D eigenvalue weighted by atomic mass is 10.1. The first-order chi connectivity index (χ1) is 8.58. The first kappa shape index (κ1) is 12.7. The van der Waals surface area contributed by atoms with E-state index in [-0.39, 0.29) is 5.63 Å². The maximum atomic E-state index is 11.7. The zero-order valence-corrected chi connectivity index (χ0v) is 11.4. The van der Waals surface area contributed by atoms with E-state index < -0.39 is 0 Å². The van der Waals surface area contributed by atoms with E-state index in [2.05, 4.69) is 24.8 Å². The van der Waals surface area contributed by atoms with Gasteiger partial charge in [0.2, 0.25) is 0 Å². The number of aryl methyl sites for hydroxylation is 1. The number of anilines is 1. The van der Waals surface area contributed by atoms with Crippen LogP contribution in [0.15, 0.2) is 27.4 Å². The molecule has 1 aromatic heterocycles. The Balaban J connectivity index is 2.66. The van der Waals surface area contributed by atoms with Gasteiger partial charge in [0.1, 0.15) is 5.58 Å². The van der Waals surface area contributed by atoms with E-state index in [0.29, 0.717) is 11.1 Å². The van der Waals surface area contributed by atoms with E-state index in [1.54, 1.807) is 6.92 Å². The van der Waals surface area contributed by atoms with E-state index >= 15 is 0 Å². The molecule has 1 heterocycles. The molecule has 0 unspecified atom stereocenters. The second-order valence-electron chi connectivity index (χ2n) is 4.49. The van der Waals surface area contributed by atoms with Crippen LogP contribution in [0.4, 0.5) is 5.69 Å². The Labute approximate surface area is 107 Å². The highest BCUT2D eigenvalue weighted by molar-refractivity contribution is 5.84. The molecule has 18 heavy (non-hydrogen) atoms. The molecule has 0 N–H and O–H groups in total. The summed E-state index contributed by atoms with van der Waals surface area (Å²) in [6.07, 6.45) is 0. The third-order valence-corrected chi connectivity index (χ3v) is 3.57. The summed E-state index contributed by atoms with van der Waals surface area (Å²) in [4.78, 5) is 13.9. The molecule has 0 aliphatic heterocycles. The first-order valence-electron chi connectivity index (χ1n) is 6.37. The van der Waals surface area contributed by atoms with Crippen molar-refractivity contribution in [2.45, 2.75) is 27.7 Å².